The molecule has 0 aliphatic carbocycles. The quantitative estimate of drug-likeness (QED) is 0.561. The third-order valence-electron chi connectivity index (χ3n) is 1.71. The molecule has 0 aliphatic rings. The van der Waals surface area contributed by atoms with Crippen molar-refractivity contribution in [3.63, 3.8) is 0 Å². The molecule has 112 valence electrons. The smallest absolute Gasteiger partial charge is 0.248 e. The van der Waals surface area contributed by atoms with Gasteiger partial charge in [-0.15, -0.1) is 0 Å². The predicted octanol–water partition coefficient (Wildman–Crippen LogP) is 4.02. The van der Waals surface area contributed by atoms with Crippen LogP contribution in [0.25, 0.3) is 0 Å². The van der Waals surface area contributed by atoms with Gasteiger partial charge in [0.15, 0.2) is 5.78 Å². The maximum Gasteiger partial charge on any atom is 0.248 e. The van der Waals surface area contributed by atoms with E-state index in [0.29, 0.717) is 11.1 Å². The molecule has 0 aromatic carbocycles. The summed E-state index contributed by atoms with van der Waals surface area (Å²) in [4.78, 5) is 22.2. The summed E-state index contributed by atoms with van der Waals surface area (Å²) in [5.41, 5.74) is 1.20. The first-order valence-corrected chi connectivity index (χ1v) is 5.72. The van der Waals surface area contributed by atoms with Crippen molar-refractivity contribution in [2.75, 3.05) is 14.1 Å². The maximum atomic E-state index is 10.7. The first-order valence-electron chi connectivity index (χ1n) is 5.72. The average molecular weight is 269 g/mol. The number of likely N-dealkylation sites (N-methyl/N-ethyl adjacent to an activating group) is 1. The van der Waals surface area contributed by atoms with Gasteiger partial charge in [0.2, 0.25) is 5.91 Å². The lowest BCUT2D eigenvalue weighted by Gasteiger charge is -2.07. The number of nitrogens with zero attached hydrogens (tertiary/aromatic N) is 1. The molecule has 3 nitrogen and oxygen atoms in total. The standard InChI is InChI=1S/C6H11NO.C5H8O.C4H8.CH4/c1-5(2)6(8)7(3)4;1-4(2)5(3)6;1-3-4-2;/h1H2,2-4H3;1H2,2-3H3;3-4H,1-2H3;1H4/b;;4-3-;. The van der Waals surface area contributed by atoms with E-state index in [1.54, 1.807) is 27.9 Å². The number of rotatable bonds is 2. The molecule has 19 heavy (non-hydrogen) atoms. The minimum absolute atomic E-state index is 0. The van der Waals surface area contributed by atoms with E-state index in [2.05, 4.69) is 13.2 Å². The first-order chi connectivity index (χ1) is 8.11. The van der Waals surface area contributed by atoms with E-state index < -0.39 is 0 Å². The van der Waals surface area contributed by atoms with E-state index in [1.165, 1.54) is 11.8 Å². The Balaban J connectivity index is -0.0000000916. The molecular weight excluding hydrogens is 238 g/mol. The number of carbonyl (C=O) groups is 2. The molecule has 0 unspecified atom stereocenters. The maximum absolute atomic E-state index is 10.7. The van der Waals surface area contributed by atoms with Crippen LogP contribution in [-0.4, -0.2) is 30.7 Å². The minimum Gasteiger partial charge on any atom is -0.345 e. The van der Waals surface area contributed by atoms with Crippen LogP contribution in [-0.2, 0) is 9.59 Å². The Kier molecular flexibility index (Phi) is 22.4. The van der Waals surface area contributed by atoms with Crippen molar-refractivity contribution in [3.8, 4) is 0 Å². The fourth-order valence-electron chi connectivity index (χ4n) is 0.382. The van der Waals surface area contributed by atoms with Gasteiger partial charge in [-0.3, -0.25) is 9.59 Å². The molecule has 0 aliphatic heterocycles. The lowest BCUT2D eigenvalue weighted by molar-refractivity contribution is -0.124. The van der Waals surface area contributed by atoms with Crippen LogP contribution < -0.4 is 0 Å². The van der Waals surface area contributed by atoms with E-state index in [-0.39, 0.29) is 19.1 Å². The molecule has 0 atom stereocenters. The SMILES string of the molecule is C.C/C=C\C.C=C(C)C(=O)N(C)C.C=C(C)C(C)=O. The number of allylic oxidation sites excluding steroid dienone is 3. The molecular formula is C16H31NO2. The summed E-state index contributed by atoms with van der Waals surface area (Å²) in [6.45, 7) is 15.8. The molecule has 0 heterocycles. The third kappa shape index (κ3) is 26.1. The summed E-state index contributed by atoms with van der Waals surface area (Å²) in [6.07, 6.45) is 4.00. The second kappa shape index (κ2) is 16.4. The van der Waals surface area contributed by atoms with E-state index >= 15 is 0 Å². The Morgan fingerprint density at radius 2 is 1.16 bits per heavy atom. The largest absolute Gasteiger partial charge is 0.345 e. The lowest BCUT2D eigenvalue weighted by atomic mass is 10.3. The van der Waals surface area contributed by atoms with Crippen LogP contribution >= 0.6 is 0 Å². The Bertz CT molecular complexity index is 297. The predicted molar refractivity (Wildman–Crippen MR) is 86.2 cm³/mol. The summed E-state index contributed by atoms with van der Waals surface area (Å²) >= 11 is 0. The lowest BCUT2D eigenvalue weighted by Crippen LogP contribution is -2.21. The topological polar surface area (TPSA) is 37.4 Å². The number of Topliss-reactive ketones (excluding diaryl/α,β-unsaturated/α-hetero) is 1. The van der Waals surface area contributed by atoms with Gasteiger partial charge in [-0.1, -0.05) is 32.7 Å². The molecule has 0 saturated carbocycles. The molecule has 0 aromatic heterocycles. The second-order valence-corrected chi connectivity index (χ2v) is 3.98. The average Bonchev–Trinajstić information content (AvgIpc) is 2.28. The highest BCUT2D eigenvalue weighted by Gasteiger charge is 2.01. The highest BCUT2D eigenvalue weighted by molar-refractivity contribution is 5.92. The molecule has 0 aromatic rings. The summed E-state index contributed by atoms with van der Waals surface area (Å²) < 4.78 is 0. The van der Waals surface area contributed by atoms with Gasteiger partial charge in [0, 0.05) is 19.7 Å². The summed E-state index contributed by atoms with van der Waals surface area (Å²) in [5, 5.41) is 0. The Labute approximate surface area is 119 Å². The van der Waals surface area contributed by atoms with Gasteiger partial charge in [-0.25, -0.2) is 0 Å². The summed E-state index contributed by atoms with van der Waals surface area (Å²) in [5.74, 6) is 0.0556. The van der Waals surface area contributed by atoms with Crippen molar-refractivity contribution >= 4 is 11.7 Å². The first kappa shape index (κ1) is 26.0. The molecule has 0 spiro atoms. The van der Waals surface area contributed by atoms with Crippen LogP contribution in [0.15, 0.2) is 36.5 Å². The normalized spacial score (nSPS) is 7.95. The molecule has 1 amide bonds. The van der Waals surface area contributed by atoms with Crippen molar-refractivity contribution in [3.05, 3.63) is 36.5 Å². The van der Waals surface area contributed by atoms with Crippen molar-refractivity contribution in [2.24, 2.45) is 0 Å². The molecule has 0 bridgehead atoms. The molecule has 0 N–H and O–H groups in total. The summed E-state index contributed by atoms with van der Waals surface area (Å²) in [7, 11) is 3.41. The van der Waals surface area contributed by atoms with Gasteiger partial charge >= 0.3 is 0 Å². The van der Waals surface area contributed by atoms with Gasteiger partial charge in [-0.05, 0) is 40.2 Å². The fourth-order valence-corrected chi connectivity index (χ4v) is 0.382. The molecule has 0 rings (SSSR count). The van der Waals surface area contributed by atoms with Gasteiger partial charge < -0.3 is 4.90 Å². The van der Waals surface area contributed by atoms with E-state index in [4.69, 9.17) is 0 Å². The van der Waals surface area contributed by atoms with E-state index in [0.717, 1.165) is 0 Å². The zero-order chi connectivity index (χ0) is 15.3. The number of ketones is 1. The van der Waals surface area contributed by atoms with Crippen LogP contribution in [0.5, 0.6) is 0 Å². The van der Waals surface area contributed by atoms with Crippen molar-refractivity contribution in [2.45, 2.75) is 42.0 Å². The minimum atomic E-state index is -0.00926. The van der Waals surface area contributed by atoms with Crippen molar-refractivity contribution < 1.29 is 9.59 Å². The van der Waals surface area contributed by atoms with Gasteiger partial charge in [0.1, 0.15) is 0 Å². The van der Waals surface area contributed by atoms with Gasteiger partial charge in [-0.2, -0.15) is 0 Å². The Morgan fingerprint density at radius 1 is 0.895 bits per heavy atom. The van der Waals surface area contributed by atoms with Crippen molar-refractivity contribution in [1.29, 1.82) is 0 Å². The second-order valence-electron chi connectivity index (χ2n) is 3.98. The van der Waals surface area contributed by atoms with Crippen LogP contribution in [0.3, 0.4) is 0 Å². The van der Waals surface area contributed by atoms with E-state index in [9.17, 15) is 9.59 Å². The molecule has 0 radical (unpaired) electrons. The number of carbonyl (C=O) groups excluding carboxylic acids is 2. The molecule has 0 fully saturated rings. The van der Waals surface area contributed by atoms with Crippen molar-refractivity contribution in [1.82, 2.24) is 4.90 Å². The summed E-state index contributed by atoms with van der Waals surface area (Å²) in [6, 6.07) is 0. The van der Waals surface area contributed by atoms with Crippen LogP contribution in [0.2, 0.25) is 0 Å². The Morgan fingerprint density at radius 3 is 1.16 bits per heavy atom. The monoisotopic (exact) mass is 269 g/mol. The fraction of sp³-hybridized carbons (Fsp3) is 0.500. The highest BCUT2D eigenvalue weighted by Crippen LogP contribution is 1.90. The number of hydrogen-bond acceptors (Lipinski definition) is 2. The zero-order valence-corrected chi connectivity index (χ0v) is 12.8. The number of hydrogen-bond donors (Lipinski definition) is 0. The van der Waals surface area contributed by atoms with Crippen LogP contribution in [0.1, 0.15) is 42.0 Å². The van der Waals surface area contributed by atoms with Gasteiger partial charge in [0.05, 0.1) is 0 Å². The number of amides is 1. The third-order valence-corrected chi connectivity index (χ3v) is 1.71. The molecule has 3 heteroatoms. The van der Waals surface area contributed by atoms with Crippen LogP contribution in [0, 0.1) is 0 Å². The van der Waals surface area contributed by atoms with Gasteiger partial charge in [0.25, 0.3) is 0 Å². The molecule has 0 saturated heterocycles. The highest BCUT2D eigenvalue weighted by atomic mass is 16.2. The van der Waals surface area contributed by atoms with E-state index in [1.807, 2.05) is 26.0 Å². The Hall–Kier alpha value is -1.64. The van der Waals surface area contributed by atoms with Crippen LogP contribution in [0.4, 0.5) is 0 Å². The zero-order valence-electron chi connectivity index (χ0n) is 12.8.